The average Bonchev–Trinajstić information content (AvgIpc) is 2.44. The van der Waals surface area contributed by atoms with Gasteiger partial charge in [0.15, 0.2) is 15.8 Å². The quantitative estimate of drug-likeness (QED) is 0.608. The van der Waals surface area contributed by atoms with Crippen molar-refractivity contribution in [2.24, 2.45) is 10.9 Å². The summed E-state index contributed by atoms with van der Waals surface area (Å²) in [5.74, 6) is 4.27. The van der Waals surface area contributed by atoms with Crippen molar-refractivity contribution in [1.82, 2.24) is 10.2 Å². The van der Waals surface area contributed by atoms with Gasteiger partial charge in [0.05, 0.1) is 10.5 Å². The molecule has 5 nitrogen and oxygen atoms in total. The van der Waals surface area contributed by atoms with Crippen molar-refractivity contribution in [2.75, 3.05) is 43.9 Å². The Hall–Kier alpha value is -0.430. The number of guanidine groups is 1. The molecule has 2 rings (SSSR count). The lowest BCUT2D eigenvalue weighted by atomic mass is 10.0. The molecule has 0 aromatic heterocycles. The number of aliphatic imine (C=N–C) groups is 1. The summed E-state index contributed by atoms with van der Waals surface area (Å²) in [7, 11) is -1.23. The fourth-order valence-corrected chi connectivity index (χ4v) is 5.41. The number of nitrogens with zero attached hydrogens (tertiary/aromatic N) is 2. The van der Waals surface area contributed by atoms with Gasteiger partial charge >= 0.3 is 0 Å². The largest absolute Gasteiger partial charge is 0.356 e. The van der Waals surface area contributed by atoms with E-state index in [1.54, 1.807) is 20.9 Å². The van der Waals surface area contributed by atoms with Crippen molar-refractivity contribution in [3.63, 3.8) is 0 Å². The molecule has 2 heterocycles. The van der Waals surface area contributed by atoms with Crippen LogP contribution >= 0.6 is 11.8 Å². The highest BCUT2D eigenvalue weighted by molar-refractivity contribution is 7.99. The first-order valence-electron chi connectivity index (χ1n) is 7.61. The molecule has 122 valence electrons. The van der Waals surface area contributed by atoms with Crippen molar-refractivity contribution in [3.8, 4) is 0 Å². The molecule has 0 aromatic carbocycles. The Morgan fingerprint density at radius 1 is 1.38 bits per heavy atom. The van der Waals surface area contributed by atoms with Gasteiger partial charge in [0, 0.05) is 26.7 Å². The Bertz CT molecular complexity index is 482. The van der Waals surface area contributed by atoms with E-state index in [9.17, 15) is 8.42 Å². The van der Waals surface area contributed by atoms with Gasteiger partial charge in [-0.15, -0.1) is 0 Å². The van der Waals surface area contributed by atoms with Crippen LogP contribution in [-0.4, -0.2) is 68.0 Å². The topological polar surface area (TPSA) is 61.8 Å². The van der Waals surface area contributed by atoms with Gasteiger partial charge in [-0.1, -0.05) is 0 Å². The van der Waals surface area contributed by atoms with Crippen LogP contribution in [0.5, 0.6) is 0 Å². The number of rotatable bonds is 2. The van der Waals surface area contributed by atoms with E-state index in [2.05, 4.69) is 15.2 Å². The van der Waals surface area contributed by atoms with Crippen LogP contribution in [-0.2, 0) is 9.84 Å². The number of thioether (sulfide) groups is 1. The minimum atomic E-state index is -3.00. The summed E-state index contributed by atoms with van der Waals surface area (Å²) in [6.07, 6.45) is 2.52. The maximum atomic E-state index is 12.1. The second kappa shape index (κ2) is 6.77. The lowest BCUT2D eigenvalue weighted by molar-refractivity contribution is 0.348. The fourth-order valence-electron chi connectivity index (χ4n) is 2.84. The molecule has 0 unspecified atom stereocenters. The first-order valence-corrected chi connectivity index (χ1v) is 10.4. The molecule has 21 heavy (non-hydrogen) atoms. The van der Waals surface area contributed by atoms with Crippen molar-refractivity contribution >= 4 is 27.6 Å². The molecule has 0 spiro atoms. The molecule has 2 saturated heterocycles. The van der Waals surface area contributed by atoms with E-state index in [0.717, 1.165) is 12.5 Å². The predicted octanol–water partition coefficient (Wildman–Crippen LogP) is 1.21. The lowest BCUT2D eigenvalue weighted by Gasteiger charge is -2.39. The number of sulfone groups is 1. The Balaban J connectivity index is 1.92. The highest BCUT2D eigenvalue weighted by atomic mass is 32.2. The average molecular weight is 334 g/mol. The Kier molecular flexibility index (Phi) is 5.46. The van der Waals surface area contributed by atoms with Gasteiger partial charge in [0.2, 0.25) is 0 Å². The second-order valence-corrected chi connectivity index (χ2v) is 10.5. The Morgan fingerprint density at radius 3 is 2.62 bits per heavy atom. The molecule has 1 N–H and O–H groups in total. The third-order valence-corrected chi connectivity index (χ3v) is 8.03. The molecule has 2 fully saturated rings. The van der Waals surface area contributed by atoms with E-state index >= 15 is 0 Å². The van der Waals surface area contributed by atoms with E-state index in [-0.39, 0.29) is 5.75 Å². The van der Waals surface area contributed by atoms with Gasteiger partial charge < -0.3 is 10.2 Å². The smallest absolute Gasteiger partial charge is 0.193 e. The van der Waals surface area contributed by atoms with Crippen LogP contribution in [0.1, 0.15) is 26.7 Å². The van der Waals surface area contributed by atoms with Gasteiger partial charge in [-0.05, 0) is 44.1 Å². The number of hydrogen-bond acceptors (Lipinski definition) is 4. The minimum absolute atomic E-state index is 0.209. The van der Waals surface area contributed by atoms with Crippen LogP contribution in [0.15, 0.2) is 4.99 Å². The fraction of sp³-hybridized carbons (Fsp3) is 0.929. The van der Waals surface area contributed by atoms with Crippen LogP contribution in [0.4, 0.5) is 0 Å². The summed E-state index contributed by atoms with van der Waals surface area (Å²) in [5.41, 5.74) is 0. The first-order chi connectivity index (χ1) is 9.86. The van der Waals surface area contributed by atoms with Gasteiger partial charge in [0.25, 0.3) is 0 Å². The molecule has 0 atom stereocenters. The summed E-state index contributed by atoms with van der Waals surface area (Å²) in [4.78, 5) is 6.42. The van der Waals surface area contributed by atoms with Crippen LogP contribution in [0, 0.1) is 5.92 Å². The normalized spacial score (nSPS) is 26.6. The molecule has 0 amide bonds. The predicted molar refractivity (Wildman–Crippen MR) is 90.8 cm³/mol. The SMILES string of the molecule is CN=C(NCC1CCSCC1)N1CCS(=O)(=O)C(C)(C)C1. The molecule has 0 bridgehead atoms. The summed E-state index contributed by atoms with van der Waals surface area (Å²) < 4.78 is 23.4. The molecule has 7 heteroatoms. The van der Waals surface area contributed by atoms with Crippen LogP contribution < -0.4 is 5.32 Å². The molecular weight excluding hydrogens is 306 g/mol. The third-order valence-electron chi connectivity index (χ3n) is 4.44. The lowest BCUT2D eigenvalue weighted by Crippen LogP contribution is -2.57. The number of nitrogens with one attached hydrogen (secondary N) is 1. The molecule has 0 radical (unpaired) electrons. The third kappa shape index (κ3) is 4.06. The summed E-state index contributed by atoms with van der Waals surface area (Å²) in [6, 6.07) is 0. The Labute approximate surface area is 132 Å². The van der Waals surface area contributed by atoms with E-state index in [0.29, 0.717) is 19.0 Å². The molecule has 0 saturated carbocycles. The summed E-state index contributed by atoms with van der Waals surface area (Å²) in [6.45, 7) is 5.60. The summed E-state index contributed by atoms with van der Waals surface area (Å²) >= 11 is 2.03. The number of hydrogen-bond donors (Lipinski definition) is 1. The molecule has 0 aromatic rings. The van der Waals surface area contributed by atoms with Crippen molar-refractivity contribution in [2.45, 2.75) is 31.4 Å². The van der Waals surface area contributed by atoms with Crippen molar-refractivity contribution < 1.29 is 8.42 Å². The highest BCUT2D eigenvalue weighted by Crippen LogP contribution is 2.24. The monoisotopic (exact) mass is 333 g/mol. The van der Waals surface area contributed by atoms with Crippen LogP contribution in [0.2, 0.25) is 0 Å². The molecule has 2 aliphatic rings. The van der Waals surface area contributed by atoms with Crippen LogP contribution in [0.25, 0.3) is 0 Å². The molecule has 2 aliphatic heterocycles. The van der Waals surface area contributed by atoms with E-state index < -0.39 is 14.6 Å². The van der Waals surface area contributed by atoms with E-state index in [1.165, 1.54) is 24.3 Å². The second-order valence-electron chi connectivity index (χ2n) is 6.48. The van der Waals surface area contributed by atoms with Crippen molar-refractivity contribution in [1.29, 1.82) is 0 Å². The molecular formula is C14H27N3O2S2. The maximum absolute atomic E-state index is 12.1. The standard InChI is InChI=1S/C14H27N3O2S2/c1-14(2)11-17(6-9-21(14,18)19)13(15-3)16-10-12-4-7-20-8-5-12/h12H,4-11H2,1-3H3,(H,15,16). The maximum Gasteiger partial charge on any atom is 0.193 e. The van der Waals surface area contributed by atoms with Crippen molar-refractivity contribution in [3.05, 3.63) is 0 Å². The van der Waals surface area contributed by atoms with Gasteiger partial charge in [-0.2, -0.15) is 11.8 Å². The van der Waals surface area contributed by atoms with Gasteiger partial charge in [-0.3, -0.25) is 4.99 Å². The van der Waals surface area contributed by atoms with Gasteiger partial charge in [-0.25, -0.2) is 8.42 Å². The zero-order chi connectivity index (χ0) is 15.5. The minimum Gasteiger partial charge on any atom is -0.356 e. The highest BCUT2D eigenvalue weighted by Gasteiger charge is 2.40. The molecule has 0 aliphatic carbocycles. The Morgan fingerprint density at radius 2 is 2.05 bits per heavy atom. The van der Waals surface area contributed by atoms with Crippen LogP contribution in [0.3, 0.4) is 0 Å². The zero-order valence-corrected chi connectivity index (χ0v) is 14.9. The summed E-state index contributed by atoms with van der Waals surface area (Å²) in [5, 5.41) is 3.45. The first kappa shape index (κ1) is 16.9. The zero-order valence-electron chi connectivity index (χ0n) is 13.3. The van der Waals surface area contributed by atoms with E-state index in [1.807, 2.05) is 11.8 Å². The van der Waals surface area contributed by atoms with E-state index in [4.69, 9.17) is 0 Å². The van der Waals surface area contributed by atoms with Gasteiger partial charge in [0.1, 0.15) is 0 Å².